The molecule has 1 aromatic carbocycles. The van der Waals surface area contributed by atoms with Crippen LogP contribution in [-0.2, 0) is 16.1 Å². The van der Waals surface area contributed by atoms with Gasteiger partial charge in [0.2, 0.25) is 11.8 Å². The maximum atomic E-state index is 12.4. The Labute approximate surface area is 146 Å². The lowest BCUT2D eigenvalue weighted by molar-refractivity contribution is -0.158. The number of carbonyl (C=O) groups is 2. The van der Waals surface area contributed by atoms with Gasteiger partial charge in [-0.3, -0.25) is 14.5 Å². The highest BCUT2D eigenvalue weighted by molar-refractivity contribution is 5.95. The first-order valence-corrected chi connectivity index (χ1v) is 8.47. The predicted octanol–water partition coefficient (Wildman–Crippen LogP) is 0.357. The maximum Gasteiger partial charge on any atom is 0.246 e. The zero-order valence-corrected chi connectivity index (χ0v) is 14.2. The zero-order valence-electron chi connectivity index (χ0n) is 14.2. The van der Waals surface area contributed by atoms with Gasteiger partial charge in [-0.2, -0.15) is 5.10 Å². The third kappa shape index (κ3) is 3.02. The summed E-state index contributed by atoms with van der Waals surface area (Å²) in [5.41, 5.74) is 2.12. The molecule has 0 spiro atoms. The van der Waals surface area contributed by atoms with Crippen LogP contribution in [0, 0.1) is 0 Å². The van der Waals surface area contributed by atoms with E-state index >= 15 is 0 Å². The molecule has 0 unspecified atom stereocenters. The molecule has 0 N–H and O–H groups in total. The van der Waals surface area contributed by atoms with E-state index in [1.165, 1.54) is 4.90 Å². The lowest BCUT2D eigenvalue weighted by Gasteiger charge is -2.45. The van der Waals surface area contributed by atoms with Crippen molar-refractivity contribution < 1.29 is 9.59 Å². The molecule has 2 saturated heterocycles. The van der Waals surface area contributed by atoms with E-state index in [9.17, 15) is 9.59 Å². The molecule has 0 aliphatic carbocycles. The molecule has 7 nitrogen and oxygen atoms in total. The Balaban J connectivity index is 1.45. The summed E-state index contributed by atoms with van der Waals surface area (Å²) in [6, 6.07) is 9.61. The predicted molar refractivity (Wildman–Crippen MR) is 92.0 cm³/mol. The van der Waals surface area contributed by atoms with Gasteiger partial charge in [-0.05, 0) is 12.1 Å². The first-order valence-electron chi connectivity index (χ1n) is 8.47. The number of benzene rings is 1. The number of likely N-dealkylation sites (N-methyl/N-ethyl adjacent to an activating group) is 1. The molecule has 2 aliphatic heterocycles. The van der Waals surface area contributed by atoms with Crippen molar-refractivity contribution in [3.05, 3.63) is 48.3 Å². The molecule has 3 heterocycles. The molecule has 2 aromatic rings. The normalized spacial score (nSPS) is 21.6. The summed E-state index contributed by atoms with van der Waals surface area (Å²) >= 11 is 0. The first kappa shape index (κ1) is 15.8. The Kier molecular flexibility index (Phi) is 4.01. The number of carbonyl (C=O) groups excluding carboxylic acids is 2. The second-order valence-electron chi connectivity index (χ2n) is 6.66. The van der Waals surface area contributed by atoms with Crippen LogP contribution in [0.3, 0.4) is 0 Å². The van der Waals surface area contributed by atoms with Crippen LogP contribution in [0.1, 0.15) is 5.56 Å². The van der Waals surface area contributed by atoms with Gasteiger partial charge in [-0.1, -0.05) is 18.2 Å². The van der Waals surface area contributed by atoms with Crippen LogP contribution in [-0.4, -0.2) is 75.6 Å². The summed E-state index contributed by atoms with van der Waals surface area (Å²) in [6.07, 6.45) is 3.88. The van der Waals surface area contributed by atoms with Gasteiger partial charge in [0, 0.05) is 45.0 Å². The van der Waals surface area contributed by atoms with E-state index in [0.29, 0.717) is 13.1 Å². The van der Waals surface area contributed by atoms with Crippen molar-refractivity contribution in [3.63, 3.8) is 0 Å². The number of hydrogen-bond donors (Lipinski definition) is 0. The molecule has 25 heavy (non-hydrogen) atoms. The Bertz CT molecular complexity index is 788. The highest BCUT2D eigenvalue weighted by atomic mass is 16.2. The van der Waals surface area contributed by atoms with Crippen molar-refractivity contribution in [1.82, 2.24) is 24.5 Å². The molecular weight excluding hydrogens is 318 g/mol. The summed E-state index contributed by atoms with van der Waals surface area (Å²) in [7, 11) is 1.69. The van der Waals surface area contributed by atoms with Crippen LogP contribution < -0.4 is 0 Å². The first-order chi connectivity index (χ1) is 12.1. The highest BCUT2D eigenvalue weighted by Crippen LogP contribution is 2.19. The van der Waals surface area contributed by atoms with E-state index in [1.807, 2.05) is 47.4 Å². The number of piperazine rings is 2. The van der Waals surface area contributed by atoms with E-state index in [2.05, 4.69) is 10.00 Å². The molecule has 7 heteroatoms. The minimum Gasteiger partial charge on any atom is -0.335 e. The Morgan fingerprint density at radius 2 is 1.96 bits per heavy atom. The average molecular weight is 339 g/mol. The van der Waals surface area contributed by atoms with Gasteiger partial charge >= 0.3 is 0 Å². The average Bonchev–Trinajstić information content (AvgIpc) is 3.09. The van der Waals surface area contributed by atoms with Gasteiger partial charge < -0.3 is 9.80 Å². The SMILES string of the molecule is CN1CC(=O)N2CCN(Cc3cnn(-c4ccccc4)c3)C[C@@H]2C1=O. The van der Waals surface area contributed by atoms with E-state index in [1.54, 1.807) is 11.9 Å². The molecule has 1 aromatic heterocycles. The van der Waals surface area contributed by atoms with Gasteiger partial charge in [-0.15, -0.1) is 0 Å². The molecule has 0 radical (unpaired) electrons. The third-order valence-corrected chi connectivity index (χ3v) is 4.88. The number of aromatic nitrogens is 2. The zero-order chi connectivity index (χ0) is 17.4. The van der Waals surface area contributed by atoms with Crippen molar-refractivity contribution in [1.29, 1.82) is 0 Å². The number of nitrogens with zero attached hydrogens (tertiary/aromatic N) is 5. The molecule has 0 saturated carbocycles. The van der Waals surface area contributed by atoms with Gasteiger partial charge in [0.15, 0.2) is 0 Å². The lowest BCUT2D eigenvalue weighted by Crippen LogP contribution is -2.65. The van der Waals surface area contributed by atoms with Crippen LogP contribution in [0.4, 0.5) is 0 Å². The number of amides is 2. The van der Waals surface area contributed by atoms with Crippen molar-refractivity contribution in [2.75, 3.05) is 33.2 Å². The van der Waals surface area contributed by atoms with Gasteiger partial charge in [0.1, 0.15) is 6.04 Å². The maximum absolute atomic E-state index is 12.4. The monoisotopic (exact) mass is 339 g/mol. The highest BCUT2D eigenvalue weighted by Gasteiger charge is 2.41. The summed E-state index contributed by atoms with van der Waals surface area (Å²) in [5.74, 6) is 0.0768. The second-order valence-corrected chi connectivity index (χ2v) is 6.66. The van der Waals surface area contributed by atoms with Crippen molar-refractivity contribution in [2.24, 2.45) is 0 Å². The molecule has 130 valence electrons. The third-order valence-electron chi connectivity index (χ3n) is 4.88. The fraction of sp³-hybridized carbons (Fsp3) is 0.389. The number of para-hydroxylation sites is 1. The topological polar surface area (TPSA) is 61.7 Å². The molecule has 2 aliphatic rings. The van der Waals surface area contributed by atoms with Crippen LogP contribution in [0.2, 0.25) is 0 Å². The standard InChI is InChI=1S/C18H21N5O2/c1-20-13-17(24)22-8-7-21(12-16(22)18(20)25)10-14-9-19-23(11-14)15-5-3-2-4-6-15/h2-6,9,11,16H,7-8,10,12-13H2,1H3/t16-/m1/s1. The number of rotatable bonds is 3. The van der Waals surface area contributed by atoms with Crippen LogP contribution in [0.5, 0.6) is 0 Å². The van der Waals surface area contributed by atoms with Crippen molar-refractivity contribution in [2.45, 2.75) is 12.6 Å². The van der Waals surface area contributed by atoms with E-state index < -0.39 is 0 Å². The Morgan fingerprint density at radius 3 is 2.76 bits per heavy atom. The van der Waals surface area contributed by atoms with Gasteiger partial charge in [0.25, 0.3) is 0 Å². The largest absolute Gasteiger partial charge is 0.335 e. The summed E-state index contributed by atoms with van der Waals surface area (Å²) in [6.45, 7) is 2.87. The van der Waals surface area contributed by atoms with E-state index in [-0.39, 0.29) is 24.4 Å². The van der Waals surface area contributed by atoms with E-state index in [0.717, 1.165) is 24.3 Å². The molecule has 2 amide bonds. The number of fused-ring (bicyclic) bond motifs is 1. The van der Waals surface area contributed by atoms with Crippen LogP contribution in [0.15, 0.2) is 42.7 Å². The fourth-order valence-electron chi connectivity index (χ4n) is 3.54. The smallest absolute Gasteiger partial charge is 0.246 e. The van der Waals surface area contributed by atoms with Gasteiger partial charge in [0.05, 0.1) is 18.4 Å². The van der Waals surface area contributed by atoms with Gasteiger partial charge in [-0.25, -0.2) is 4.68 Å². The van der Waals surface area contributed by atoms with E-state index in [4.69, 9.17) is 0 Å². The van der Waals surface area contributed by atoms with Crippen molar-refractivity contribution >= 4 is 11.8 Å². The molecular formula is C18H21N5O2. The lowest BCUT2D eigenvalue weighted by atomic mass is 10.1. The van der Waals surface area contributed by atoms with Crippen LogP contribution in [0.25, 0.3) is 5.69 Å². The Morgan fingerprint density at radius 1 is 1.16 bits per heavy atom. The number of hydrogen-bond acceptors (Lipinski definition) is 4. The Hall–Kier alpha value is -2.67. The quantitative estimate of drug-likeness (QED) is 0.810. The second kappa shape index (κ2) is 6.33. The summed E-state index contributed by atoms with van der Waals surface area (Å²) in [5, 5.41) is 4.42. The minimum atomic E-state index is -0.357. The summed E-state index contributed by atoms with van der Waals surface area (Å²) in [4.78, 5) is 30.0. The minimum absolute atomic E-state index is 0.0317. The van der Waals surface area contributed by atoms with Crippen LogP contribution >= 0.6 is 0 Å². The molecule has 4 rings (SSSR count). The fourth-order valence-corrected chi connectivity index (χ4v) is 3.54. The van der Waals surface area contributed by atoms with Crippen molar-refractivity contribution in [3.8, 4) is 5.69 Å². The molecule has 1 atom stereocenters. The molecule has 2 fully saturated rings. The summed E-state index contributed by atoms with van der Waals surface area (Å²) < 4.78 is 1.86. The molecule has 0 bridgehead atoms.